The molecule has 0 spiro atoms. The summed E-state index contributed by atoms with van der Waals surface area (Å²) >= 11 is 2.86. The van der Waals surface area contributed by atoms with Gasteiger partial charge in [0.05, 0.1) is 12.4 Å². The van der Waals surface area contributed by atoms with Crippen LogP contribution in [0.4, 0.5) is 5.13 Å². The maximum Gasteiger partial charge on any atom is 0.230 e. The van der Waals surface area contributed by atoms with Crippen molar-refractivity contribution in [3.05, 3.63) is 0 Å². The standard InChI is InChI=1S/C11H20N4O2S2/c1-4-5-12-10-14-15-11(19-10)18-7-9(16)13-8(2)6-17-3/h8H,4-7H2,1-3H3,(H,12,14)(H,13,16). The Morgan fingerprint density at radius 3 is 3.00 bits per heavy atom. The number of anilines is 1. The van der Waals surface area contributed by atoms with Gasteiger partial charge in [-0.2, -0.15) is 0 Å². The highest BCUT2D eigenvalue weighted by atomic mass is 32.2. The molecule has 1 unspecified atom stereocenters. The van der Waals surface area contributed by atoms with Gasteiger partial charge in [0.25, 0.3) is 0 Å². The highest BCUT2D eigenvalue weighted by molar-refractivity contribution is 8.01. The number of nitrogens with zero attached hydrogens (tertiary/aromatic N) is 2. The molecule has 0 aliphatic carbocycles. The molecular formula is C11H20N4O2S2. The van der Waals surface area contributed by atoms with Gasteiger partial charge in [-0.05, 0) is 13.3 Å². The molecule has 0 radical (unpaired) electrons. The van der Waals surface area contributed by atoms with Crippen molar-refractivity contribution in [2.45, 2.75) is 30.6 Å². The van der Waals surface area contributed by atoms with Crippen LogP contribution in [0.3, 0.4) is 0 Å². The molecule has 108 valence electrons. The van der Waals surface area contributed by atoms with Crippen LogP contribution >= 0.6 is 23.1 Å². The molecule has 0 saturated heterocycles. The number of ether oxygens (including phenoxy) is 1. The summed E-state index contributed by atoms with van der Waals surface area (Å²) in [6, 6.07) is 0.0225. The molecule has 0 fully saturated rings. The topological polar surface area (TPSA) is 76.1 Å². The predicted octanol–water partition coefficient (Wildman–Crippen LogP) is 1.60. The molecule has 19 heavy (non-hydrogen) atoms. The van der Waals surface area contributed by atoms with E-state index in [9.17, 15) is 4.79 Å². The first-order valence-electron chi connectivity index (χ1n) is 6.14. The number of rotatable bonds is 9. The second-order valence-electron chi connectivity index (χ2n) is 4.01. The monoisotopic (exact) mass is 304 g/mol. The largest absolute Gasteiger partial charge is 0.383 e. The van der Waals surface area contributed by atoms with Gasteiger partial charge in [0.1, 0.15) is 0 Å². The minimum absolute atomic E-state index is 0.0205. The van der Waals surface area contributed by atoms with Crippen LogP contribution in [0.25, 0.3) is 0 Å². The normalized spacial score (nSPS) is 12.2. The number of aromatic nitrogens is 2. The highest BCUT2D eigenvalue weighted by Crippen LogP contribution is 2.25. The van der Waals surface area contributed by atoms with Gasteiger partial charge in [-0.1, -0.05) is 30.0 Å². The Labute approximate surface area is 121 Å². The highest BCUT2D eigenvalue weighted by Gasteiger charge is 2.10. The van der Waals surface area contributed by atoms with Crippen molar-refractivity contribution in [2.75, 3.05) is 31.3 Å². The zero-order valence-corrected chi connectivity index (χ0v) is 13.1. The Hall–Kier alpha value is -0.860. The third-order valence-corrected chi connectivity index (χ3v) is 4.10. The first-order chi connectivity index (χ1) is 9.15. The summed E-state index contributed by atoms with van der Waals surface area (Å²) in [5.41, 5.74) is 0. The number of amides is 1. The first-order valence-corrected chi connectivity index (χ1v) is 7.94. The van der Waals surface area contributed by atoms with E-state index in [1.165, 1.54) is 23.1 Å². The van der Waals surface area contributed by atoms with Crippen LogP contribution in [0.15, 0.2) is 4.34 Å². The molecule has 2 N–H and O–H groups in total. The molecule has 1 rings (SSSR count). The lowest BCUT2D eigenvalue weighted by atomic mass is 10.3. The molecule has 0 aliphatic heterocycles. The van der Waals surface area contributed by atoms with E-state index < -0.39 is 0 Å². The lowest BCUT2D eigenvalue weighted by Gasteiger charge is -2.11. The van der Waals surface area contributed by atoms with E-state index in [0.717, 1.165) is 22.4 Å². The summed E-state index contributed by atoms with van der Waals surface area (Å²) in [5.74, 6) is 0.323. The lowest BCUT2D eigenvalue weighted by molar-refractivity contribution is -0.119. The molecular weight excluding hydrogens is 284 g/mol. The Morgan fingerprint density at radius 1 is 1.53 bits per heavy atom. The van der Waals surface area contributed by atoms with Gasteiger partial charge in [0, 0.05) is 19.7 Å². The number of carbonyl (C=O) groups excluding carboxylic acids is 1. The molecule has 1 amide bonds. The SMILES string of the molecule is CCCNc1nnc(SCC(=O)NC(C)COC)s1. The summed E-state index contributed by atoms with van der Waals surface area (Å²) in [6.07, 6.45) is 1.04. The maximum absolute atomic E-state index is 11.6. The average molecular weight is 304 g/mol. The quantitative estimate of drug-likeness (QED) is 0.675. The Balaban J connectivity index is 2.27. The van der Waals surface area contributed by atoms with Crippen molar-refractivity contribution < 1.29 is 9.53 Å². The summed E-state index contributed by atoms with van der Waals surface area (Å²) in [7, 11) is 1.61. The van der Waals surface area contributed by atoms with Gasteiger partial charge in [-0.3, -0.25) is 4.79 Å². The molecule has 0 aromatic carbocycles. The Kier molecular flexibility index (Phi) is 7.76. The van der Waals surface area contributed by atoms with E-state index in [1.54, 1.807) is 7.11 Å². The predicted molar refractivity (Wildman–Crippen MR) is 78.9 cm³/mol. The van der Waals surface area contributed by atoms with Crippen LogP contribution in [0, 0.1) is 0 Å². The molecule has 0 aliphatic rings. The fraction of sp³-hybridized carbons (Fsp3) is 0.727. The molecule has 6 nitrogen and oxygen atoms in total. The zero-order chi connectivity index (χ0) is 14.1. The van der Waals surface area contributed by atoms with Crippen LogP contribution in [0.5, 0.6) is 0 Å². The van der Waals surface area contributed by atoms with E-state index in [0.29, 0.717) is 12.4 Å². The van der Waals surface area contributed by atoms with Crippen LogP contribution in [0.2, 0.25) is 0 Å². The van der Waals surface area contributed by atoms with E-state index >= 15 is 0 Å². The summed E-state index contributed by atoms with van der Waals surface area (Å²) < 4.78 is 5.76. The smallest absolute Gasteiger partial charge is 0.230 e. The van der Waals surface area contributed by atoms with E-state index in [2.05, 4.69) is 27.8 Å². The van der Waals surface area contributed by atoms with E-state index in [1.807, 2.05) is 6.92 Å². The van der Waals surface area contributed by atoms with Gasteiger partial charge in [0.2, 0.25) is 11.0 Å². The number of methoxy groups -OCH3 is 1. The average Bonchev–Trinajstić information content (AvgIpc) is 2.82. The summed E-state index contributed by atoms with van der Waals surface area (Å²) in [4.78, 5) is 11.6. The summed E-state index contributed by atoms with van der Waals surface area (Å²) in [5, 5.41) is 14.8. The Bertz CT molecular complexity index is 387. The third-order valence-electron chi connectivity index (χ3n) is 2.08. The van der Waals surface area contributed by atoms with Crippen molar-refractivity contribution in [1.82, 2.24) is 15.5 Å². The van der Waals surface area contributed by atoms with Gasteiger partial charge in [0.15, 0.2) is 4.34 Å². The van der Waals surface area contributed by atoms with Crippen LogP contribution in [-0.4, -0.2) is 48.2 Å². The molecule has 0 bridgehead atoms. The number of nitrogens with one attached hydrogen (secondary N) is 2. The second-order valence-corrected chi connectivity index (χ2v) is 6.21. The van der Waals surface area contributed by atoms with Crippen molar-refractivity contribution in [3.63, 3.8) is 0 Å². The number of hydrogen-bond donors (Lipinski definition) is 2. The number of hydrogen-bond acceptors (Lipinski definition) is 7. The van der Waals surface area contributed by atoms with Gasteiger partial charge in [-0.15, -0.1) is 10.2 Å². The van der Waals surface area contributed by atoms with Crippen molar-refractivity contribution >= 4 is 34.1 Å². The third kappa shape index (κ3) is 6.74. The van der Waals surface area contributed by atoms with Crippen molar-refractivity contribution in [3.8, 4) is 0 Å². The van der Waals surface area contributed by atoms with Crippen LogP contribution < -0.4 is 10.6 Å². The van der Waals surface area contributed by atoms with Crippen LogP contribution in [-0.2, 0) is 9.53 Å². The zero-order valence-electron chi connectivity index (χ0n) is 11.4. The molecule has 1 atom stereocenters. The van der Waals surface area contributed by atoms with Crippen molar-refractivity contribution in [1.29, 1.82) is 0 Å². The fourth-order valence-corrected chi connectivity index (χ4v) is 2.90. The lowest BCUT2D eigenvalue weighted by Crippen LogP contribution is -2.36. The second kappa shape index (κ2) is 9.11. The first kappa shape index (κ1) is 16.2. The fourth-order valence-electron chi connectivity index (χ4n) is 1.31. The van der Waals surface area contributed by atoms with Crippen LogP contribution in [0.1, 0.15) is 20.3 Å². The minimum atomic E-state index is -0.0205. The number of thioether (sulfide) groups is 1. The summed E-state index contributed by atoms with van der Waals surface area (Å²) in [6.45, 7) is 5.40. The number of carbonyl (C=O) groups is 1. The van der Waals surface area contributed by atoms with Gasteiger partial charge in [-0.25, -0.2) is 0 Å². The molecule has 0 saturated carbocycles. The van der Waals surface area contributed by atoms with Crippen molar-refractivity contribution in [2.24, 2.45) is 0 Å². The van der Waals surface area contributed by atoms with E-state index in [4.69, 9.17) is 4.74 Å². The molecule has 1 heterocycles. The minimum Gasteiger partial charge on any atom is -0.383 e. The van der Waals surface area contributed by atoms with Gasteiger partial charge >= 0.3 is 0 Å². The molecule has 1 aromatic rings. The van der Waals surface area contributed by atoms with E-state index in [-0.39, 0.29) is 11.9 Å². The maximum atomic E-state index is 11.6. The Morgan fingerprint density at radius 2 is 2.32 bits per heavy atom. The molecule has 8 heteroatoms. The molecule has 1 aromatic heterocycles. The van der Waals surface area contributed by atoms with Gasteiger partial charge < -0.3 is 15.4 Å².